The topological polar surface area (TPSA) is 60.5 Å². The van der Waals surface area contributed by atoms with Crippen molar-refractivity contribution in [2.75, 3.05) is 6.79 Å². The standard InChI is InChI=1S/C23H22N2O3/c1-16-6-5-9-19(25-16)14-24-23(26)13-20(17-7-3-2-4-8-17)18-10-11-21-22(12-18)28-15-27-21/h2-12,20H,13-15H2,1H3,(H,24,26)/t20-/m0/s1. The summed E-state index contributed by atoms with van der Waals surface area (Å²) in [6.45, 7) is 2.60. The van der Waals surface area contributed by atoms with Crippen molar-refractivity contribution in [1.29, 1.82) is 0 Å². The lowest BCUT2D eigenvalue weighted by Gasteiger charge is -2.18. The average Bonchev–Trinajstić information content (AvgIpc) is 3.19. The van der Waals surface area contributed by atoms with Gasteiger partial charge in [-0.1, -0.05) is 42.5 Å². The molecule has 1 aromatic heterocycles. The van der Waals surface area contributed by atoms with Gasteiger partial charge in [-0.05, 0) is 42.3 Å². The molecule has 0 aliphatic carbocycles. The van der Waals surface area contributed by atoms with Crippen LogP contribution < -0.4 is 14.8 Å². The lowest BCUT2D eigenvalue weighted by Crippen LogP contribution is -2.25. The largest absolute Gasteiger partial charge is 0.454 e. The van der Waals surface area contributed by atoms with E-state index in [1.165, 1.54) is 0 Å². The molecule has 5 heteroatoms. The molecule has 0 fully saturated rings. The number of carbonyl (C=O) groups excluding carboxylic acids is 1. The second-order valence-corrected chi connectivity index (χ2v) is 6.83. The number of rotatable bonds is 6. The maximum absolute atomic E-state index is 12.7. The Morgan fingerprint density at radius 2 is 1.82 bits per heavy atom. The zero-order valence-corrected chi connectivity index (χ0v) is 15.7. The molecular weight excluding hydrogens is 352 g/mol. The van der Waals surface area contributed by atoms with E-state index in [2.05, 4.69) is 10.3 Å². The van der Waals surface area contributed by atoms with Crippen LogP contribution in [0.5, 0.6) is 11.5 Å². The van der Waals surface area contributed by atoms with Crippen molar-refractivity contribution in [3.8, 4) is 11.5 Å². The average molecular weight is 374 g/mol. The molecule has 1 atom stereocenters. The fourth-order valence-electron chi connectivity index (χ4n) is 3.39. The molecule has 1 N–H and O–H groups in total. The van der Waals surface area contributed by atoms with E-state index in [0.717, 1.165) is 34.0 Å². The fourth-order valence-corrected chi connectivity index (χ4v) is 3.39. The summed E-state index contributed by atoms with van der Waals surface area (Å²) in [6.07, 6.45) is 0.343. The first-order chi connectivity index (χ1) is 13.7. The Bertz CT molecular complexity index is 973. The molecule has 1 aliphatic rings. The summed E-state index contributed by atoms with van der Waals surface area (Å²) in [5, 5.41) is 2.99. The van der Waals surface area contributed by atoms with Crippen molar-refractivity contribution in [2.24, 2.45) is 0 Å². The Morgan fingerprint density at radius 3 is 2.64 bits per heavy atom. The van der Waals surface area contributed by atoms with Crippen molar-refractivity contribution >= 4 is 5.91 Å². The normalized spacial score (nSPS) is 13.2. The minimum atomic E-state index is -0.0684. The lowest BCUT2D eigenvalue weighted by atomic mass is 9.88. The van der Waals surface area contributed by atoms with Gasteiger partial charge in [-0.3, -0.25) is 9.78 Å². The van der Waals surface area contributed by atoms with Gasteiger partial charge in [0.25, 0.3) is 0 Å². The van der Waals surface area contributed by atoms with Crippen LogP contribution in [0.4, 0.5) is 0 Å². The molecule has 0 radical (unpaired) electrons. The Hall–Kier alpha value is -3.34. The van der Waals surface area contributed by atoms with E-state index in [1.54, 1.807) is 0 Å². The maximum atomic E-state index is 12.7. The molecule has 0 saturated carbocycles. The van der Waals surface area contributed by atoms with Gasteiger partial charge in [0.15, 0.2) is 11.5 Å². The molecule has 5 nitrogen and oxygen atoms in total. The molecule has 4 rings (SSSR count). The second-order valence-electron chi connectivity index (χ2n) is 6.83. The van der Waals surface area contributed by atoms with Gasteiger partial charge in [0.05, 0.1) is 12.2 Å². The van der Waals surface area contributed by atoms with Crippen molar-refractivity contribution in [2.45, 2.75) is 25.8 Å². The van der Waals surface area contributed by atoms with Gasteiger partial charge in [-0.2, -0.15) is 0 Å². The summed E-state index contributed by atoms with van der Waals surface area (Å²) >= 11 is 0. The van der Waals surface area contributed by atoms with Crippen LogP contribution >= 0.6 is 0 Å². The summed E-state index contributed by atoms with van der Waals surface area (Å²) in [6, 6.07) is 21.7. The predicted octanol–water partition coefficient (Wildman–Crippen LogP) is 3.96. The molecule has 2 heterocycles. The molecule has 142 valence electrons. The number of carbonyl (C=O) groups is 1. The van der Waals surface area contributed by atoms with Gasteiger partial charge >= 0.3 is 0 Å². The van der Waals surface area contributed by atoms with Crippen molar-refractivity contribution < 1.29 is 14.3 Å². The number of aryl methyl sites for hydroxylation is 1. The monoisotopic (exact) mass is 374 g/mol. The van der Waals surface area contributed by atoms with E-state index in [0.29, 0.717) is 13.0 Å². The third-order valence-electron chi connectivity index (χ3n) is 4.80. The molecule has 0 spiro atoms. The summed E-state index contributed by atoms with van der Waals surface area (Å²) in [5.41, 5.74) is 3.91. The molecule has 1 amide bonds. The van der Waals surface area contributed by atoms with Gasteiger partial charge < -0.3 is 14.8 Å². The van der Waals surface area contributed by atoms with E-state index in [-0.39, 0.29) is 18.6 Å². The van der Waals surface area contributed by atoms with Crippen LogP contribution in [0.2, 0.25) is 0 Å². The molecule has 0 bridgehead atoms. The molecular formula is C23H22N2O3. The highest BCUT2D eigenvalue weighted by molar-refractivity contribution is 5.77. The van der Waals surface area contributed by atoms with Gasteiger partial charge in [0.1, 0.15) is 0 Å². The van der Waals surface area contributed by atoms with Crippen molar-refractivity contribution in [3.05, 3.63) is 89.2 Å². The van der Waals surface area contributed by atoms with Crippen molar-refractivity contribution in [1.82, 2.24) is 10.3 Å². The molecule has 3 aromatic rings. The maximum Gasteiger partial charge on any atom is 0.231 e. The number of hydrogen-bond acceptors (Lipinski definition) is 4. The predicted molar refractivity (Wildman–Crippen MR) is 106 cm³/mol. The lowest BCUT2D eigenvalue weighted by molar-refractivity contribution is -0.121. The SMILES string of the molecule is Cc1cccc(CNC(=O)C[C@@H](c2ccccc2)c2ccc3c(c2)OCO3)n1. The number of amides is 1. The molecule has 0 unspecified atom stereocenters. The van der Waals surface area contributed by atoms with E-state index >= 15 is 0 Å². The van der Waals surface area contributed by atoms with Gasteiger partial charge in [0.2, 0.25) is 12.7 Å². The van der Waals surface area contributed by atoms with E-state index in [9.17, 15) is 4.79 Å². The minimum Gasteiger partial charge on any atom is -0.454 e. The third kappa shape index (κ3) is 4.14. The zero-order chi connectivity index (χ0) is 19.3. The molecule has 1 aliphatic heterocycles. The number of nitrogens with one attached hydrogen (secondary N) is 1. The Morgan fingerprint density at radius 1 is 1.00 bits per heavy atom. The quantitative estimate of drug-likeness (QED) is 0.710. The number of pyridine rings is 1. The first-order valence-corrected chi connectivity index (χ1v) is 9.33. The van der Waals surface area contributed by atoms with Crippen LogP contribution in [0.15, 0.2) is 66.7 Å². The molecule has 0 saturated heterocycles. The minimum absolute atomic E-state index is 0.0187. The van der Waals surface area contributed by atoms with Crippen LogP contribution in [-0.2, 0) is 11.3 Å². The first kappa shape index (κ1) is 18.0. The smallest absolute Gasteiger partial charge is 0.231 e. The Labute approximate surface area is 164 Å². The molecule has 28 heavy (non-hydrogen) atoms. The number of benzene rings is 2. The number of fused-ring (bicyclic) bond motifs is 1. The van der Waals surface area contributed by atoms with Crippen LogP contribution in [0.1, 0.15) is 34.9 Å². The number of ether oxygens (including phenoxy) is 2. The summed E-state index contributed by atoms with van der Waals surface area (Å²) in [5.74, 6) is 1.38. The van der Waals surface area contributed by atoms with Gasteiger partial charge in [-0.15, -0.1) is 0 Å². The molecule has 2 aromatic carbocycles. The van der Waals surface area contributed by atoms with E-state index < -0.39 is 0 Å². The second kappa shape index (κ2) is 8.13. The van der Waals surface area contributed by atoms with E-state index in [1.807, 2.05) is 73.7 Å². The van der Waals surface area contributed by atoms with Gasteiger partial charge in [-0.25, -0.2) is 0 Å². The highest BCUT2D eigenvalue weighted by Gasteiger charge is 2.22. The van der Waals surface area contributed by atoms with Gasteiger partial charge in [0, 0.05) is 18.0 Å². The number of aromatic nitrogens is 1. The van der Waals surface area contributed by atoms with E-state index in [4.69, 9.17) is 9.47 Å². The Balaban J connectivity index is 1.52. The van der Waals surface area contributed by atoms with Crippen LogP contribution in [0.25, 0.3) is 0 Å². The fraction of sp³-hybridized carbons (Fsp3) is 0.217. The van der Waals surface area contributed by atoms with Crippen molar-refractivity contribution in [3.63, 3.8) is 0 Å². The summed E-state index contributed by atoms with van der Waals surface area (Å²) < 4.78 is 10.9. The van der Waals surface area contributed by atoms with Crippen LogP contribution in [-0.4, -0.2) is 17.7 Å². The highest BCUT2D eigenvalue weighted by Crippen LogP contribution is 2.37. The Kier molecular flexibility index (Phi) is 5.24. The van der Waals surface area contributed by atoms with Crippen LogP contribution in [0, 0.1) is 6.92 Å². The third-order valence-corrected chi connectivity index (χ3v) is 4.80. The summed E-state index contributed by atoms with van der Waals surface area (Å²) in [4.78, 5) is 17.1. The first-order valence-electron chi connectivity index (χ1n) is 9.33. The number of nitrogens with zero attached hydrogens (tertiary/aromatic N) is 1. The van der Waals surface area contributed by atoms with Crippen LogP contribution in [0.3, 0.4) is 0 Å². The zero-order valence-electron chi connectivity index (χ0n) is 15.7. The number of hydrogen-bond donors (Lipinski definition) is 1. The highest BCUT2D eigenvalue weighted by atomic mass is 16.7. The summed E-state index contributed by atoms with van der Waals surface area (Å²) in [7, 11) is 0.